The first kappa shape index (κ1) is 15.6. The topological polar surface area (TPSA) is 41.6 Å². The van der Waals surface area contributed by atoms with E-state index in [4.69, 9.17) is 17.0 Å². The van der Waals surface area contributed by atoms with Gasteiger partial charge in [0.2, 0.25) is 0 Å². The molecule has 0 radical (unpaired) electrons. The van der Waals surface area contributed by atoms with E-state index in [0.717, 1.165) is 0 Å². The number of hydrogen-bond donors (Lipinski definition) is 1. The van der Waals surface area contributed by atoms with E-state index < -0.39 is 0 Å². The first-order valence-corrected chi connectivity index (χ1v) is 6.64. The molecule has 1 amide bonds. The summed E-state index contributed by atoms with van der Waals surface area (Å²) in [7, 11) is 1.83. The summed E-state index contributed by atoms with van der Waals surface area (Å²) in [5, 5.41) is 3.10. The highest BCUT2D eigenvalue weighted by Crippen LogP contribution is 1.98. The zero-order valence-corrected chi connectivity index (χ0v) is 12.4. The zero-order chi connectivity index (χ0) is 14.3. The Labute approximate surface area is 119 Å². The number of carbonyl (C=O) groups is 1. The highest BCUT2D eigenvalue weighted by Gasteiger charge is 2.10. The largest absolute Gasteiger partial charge is 0.377 e. The van der Waals surface area contributed by atoms with Crippen LogP contribution in [0.5, 0.6) is 0 Å². The van der Waals surface area contributed by atoms with Crippen LogP contribution in [-0.4, -0.2) is 42.2 Å². The van der Waals surface area contributed by atoms with Crippen LogP contribution in [-0.2, 0) is 4.74 Å². The smallest absolute Gasteiger partial charge is 0.257 e. The molecule has 0 aliphatic carbocycles. The third-order valence-electron chi connectivity index (χ3n) is 2.48. The fourth-order valence-electron chi connectivity index (χ4n) is 1.38. The second-order valence-electron chi connectivity index (χ2n) is 4.47. The molecule has 1 aromatic rings. The first-order chi connectivity index (χ1) is 9.00. The Morgan fingerprint density at radius 1 is 1.37 bits per heavy atom. The monoisotopic (exact) mass is 280 g/mol. The number of benzene rings is 1. The van der Waals surface area contributed by atoms with E-state index in [9.17, 15) is 4.79 Å². The van der Waals surface area contributed by atoms with Gasteiger partial charge in [-0.2, -0.15) is 0 Å². The van der Waals surface area contributed by atoms with Gasteiger partial charge in [0.05, 0.1) is 12.7 Å². The molecule has 0 aliphatic heterocycles. The molecule has 0 heterocycles. The maximum atomic E-state index is 11.9. The molecule has 104 valence electrons. The average molecular weight is 280 g/mol. The Kier molecular flexibility index (Phi) is 6.45. The van der Waals surface area contributed by atoms with E-state index in [1.54, 1.807) is 17.0 Å². The van der Waals surface area contributed by atoms with Gasteiger partial charge in [0.25, 0.3) is 5.91 Å². The molecule has 0 aromatic heterocycles. The Bertz CT molecular complexity index is 421. The minimum Gasteiger partial charge on any atom is -0.377 e. The number of nitrogens with one attached hydrogen (secondary N) is 1. The predicted molar refractivity (Wildman–Crippen MR) is 80.2 cm³/mol. The zero-order valence-electron chi connectivity index (χ0n) is 11.6. The Balaban J connectivity index is 2.40. The Hall–Kier alpha value is -1.46. The molecule has 1 N–H and O–H groups in total. The molecule has 0 fully saturated rings. The van der Waals surface area contributed by atoms with Gasteiger partial charge in [0, 0.05) is 19.2 Å². The standard InChI is InChI=1S/C14H20N2O2S/c1-11(2)18-10-9-16(3)14(19)15-13(17)12-7-5-4-6-8-12/h4-8,11H,9-10H2,1-3H3,(H,15,17,19). The SMILES string of the molecule is CC(C)OCCN(C)C(=S)NC(=O)c1ccccc1. The molecule has 1 rings (SSSR count). The number of rotatable bonds is 5. The molecule has 19 heavy (non-hydrogen) atoms. The number of amides is 1. The summed E-state index contributed by atoms with van der Waals surface area (Å²) >= 11 is 5.17. The highest BCUT2D eigenvalue weighted by molar-refractivity contribution is 7.80. The van der Waals surface area contributed by atoms with Crippen molar-refractivity contribution >= 4 is 23.2 Å². The van der Waals surface area contributed by atoms with Crippen molar-refractivity contribution in [2.24, 2.45) is 0 Å². The summed E-state index contributed by atoms with van der Waals surface area (Å²) in [6, 6.07) is 9.00. The van der Waals surface area contributed by atoms with E-state index >= 15 is 0 Å². The number of carbonyl (C=O) groups excluding carboxylic acids is 1. The normalized spacial score (nSPS) is 10.3. The number of thiocarbonyl (C=S) groups is 1. The molecule has 0 saturated carbocycles. The van der Waals surface area contributed by atoms with Crippen LogP contribution in [0.3, 0.4) is 0 Å². The van der Waals surface area contributed by atoms with E-state index in [-0.39, 0.29) is 12.0 Å². The van der Waals surface area contributed by atoms with Crippen molar-refractivity contribution in [2.45, 2.75) is 20.0 Å². The number of hydrogen-bond acceptors (Lipinski definition) is 3. The van der Waals surface area contributed by atoms with Crippen molar-refractivity contribution in [1.29, 1.82) is 0 Å². The first-order valence-electron chi connectivity index (χ1n) is 6.24. The quantitative estimate of drug-likeness (QED) is 0.838. The fourth-order valence-corrected chi connectivity index (χ4v) is 1.57. The van der Waals surface area contributed by atoms with Crippen LogP contribution in [0.1, 0.15) is 24.2 Å². The van der Waals surface area contributed by atoms with Crippen LogP contribution < -0.4 is 5.32 Å². The maximum absolute atomic E-state index is 11.9. The van der Waals surface area contributed by atoms with Gasteiger partial charge in [0.1, 0.15) is 0 Å². The molecular weight excluding hydrogens is 260 g/mol. The van der Waals surface area contributed by atoms with E-state index in [1.807, 2.05) is 39.1 Å². The number of likely N-dealkylation sites (N-methyl/N-ethyl adjacent to an activating group) is 1. The molecule has 0 spiro atoms. The molecule has 0 saturated heterocycles. The average Bonchev–Trinajstić information content (AvgIpc) is 2.39. The van der Waals surface area contributed by atoms with Crippen LogP contribution in [0.2, 0.25) is 0 Å². The summed E-state index contributed by atoms with van der Waals surface area (Å²) in [5.41, 5.74) is 0.594. The maximum Gasteiger partial charge on any atom is 0.257 e. The molecule has 0 bridgehead atoms. The Morgan fingerprint density at radius 3 is 2.58 bits per heavy atom. The molecule has 4 nitrogen and oxygen atoms in total. The van der Waals surface area contributed by atoms with Crippen LogP contribution >= 0.6 is 12.2 Å². The summed E-state index contributed by atoms with van der Waals surface area (Å²) in [5.74, 6) is -0.192. The summed E-state index contributed by atoms with van der Waals surface area (Å²) in [4.78, 5) is 13.7. The third-order valence-corrected chi connectivity index (χ3v) is 2.89. The minimum atomic E-state index is -0.192. The molecule has 0 atom stereocenters. The highest BCUT2D eigenvalue weighted by atomic mass is 32.1. The molecule has 1 aromatic carbocycles. The molecule has 5 heteroatoms. The van der Waals surface area contributed by atoms with Crippen LogP contribution in [0.25, 0.3) is 0 Å². The fraction of sp³-hybridized carbons (Fsp3) is 0.429. The second kappa shape index (κ2) is 7.86. The number of nitrogens with zero attached hydrogens (tertiary/aromatic N) is 1. The van der Waals surface area contributed by atoms with Gasteiger partial charge < -0.3 is 9.64 Å². The lowest BCUT2D eigenvalue weighted by atomic mass is 10.2. The van der Waals surface area contributed by atoms with E-state index in [1.165, 1.54) is 0 Å². The van der Waals surface area contributed by atoms with Gasteiger partial charge in [-0.1, -0.05) is 18.2 Å². The lowest BCUT2D eigenvalue weighted by Gasteiger charge is -2.20. The van der Waals surface area contributed by atoms with E-state index in [0.29, 0.717) is 23.8 Å². The van der Waals surface area contributed by atoms with Crippen molar-refractivity contribution < 1.29 is 9.53 Å². The molecular formula is C14H20N2O2S. The van der Waals surface area contributed by atoms with Crippen LogP contribution in [0.4, 0.5) is 0 Å². The van der Waals surface area contributed by atoms with Gasteiger partial charge in [0.15, 0.2) is 5.11 Å². The molecule has 0 aliphatic rings. The Morgan fingerprint density at radius 2 is 2.00 bits per heavy atom. The van der Waals surface area contributed by atoms with Crippen molar-refractivity contribution in [2.75, 3.05) is 20.2 Å². The van der Waals surface area contributed by atoms with Gasteiger partial charge in [-0.3, -0.25) is 10.1 Å². The third kappa shape index (κ3) is 5.81. The summed E-state index contributed by atoms with van der Waals surface area (Å²) in [6.45, 7) is 5.19. The van der Waals surface area contributed by atoms with Gasteiger partial charge in [-0.25, -0.2) is 0 Å². The van der Waals surface area contributed by atoms with Crippen molar-refractivity contribution in [3.8, 4) is 0 Å². The van der Waals surface area contributed by atoms with Gasteiger partial charge >= 0.3 is 0 Å². The van der Waals surface area contributed by atoms with Crippen molar-refractivity contribution in [3.63, 3.8) is 0 Å². The minimum absolute atomic E-state index is 0.192. The van der Waals surface area contributed by atoms with E-state index in [2.05, 4.69) is 5.32 Å². The van der Waals surface area contributed by atoms with Crippen molar-refractivity contribution in [3.05, 3.63) is 35.9 Å². The van der Waals surface area contributed by atoms with Gasteiger partial charge in [-0.15, -0.1) is 0 Å². The van der Waals surface area contributed by atoms with Crippen LogP contribution in [0.15, 0.2) is 30.3 Å². The predicted octanol–water partition coefficient (Wildman–Crippen LogP) is 2.06. The summed E-state index contributed by atoms with van der Waals surface area (Å²) < 4.78 is 5.44. The van der Waals surface area contributed by atoms with Crippen molar-refractivity contribution in [1.82, 2.24) is 10.2 Å². The second-order valence-corrected chi connectivity index (χ2v) is 4.85. The lowest BCUT2D eigenvalue weighted by molar-refractivity contribution is 0.0720. The summed E-state index contributed by atoms with van der Waals surface area (Å²) in [6.07, 6.45) is 0.195. The number of ether oxygens (including phenoxy) is 1. The molecule has 0 unspecified atom stereocenters. The lowest BCUT2D eigenvalue weighted by Crippen LogP contribution is -2.42. The van der Waals surface area contributed by atoms with Crippen LogP contribution in [0, 0.1) is 0 Å². The van der Waals surface area contributed by atoms with Gasteiger partial charge in [-0.05, 0) is 38.2 Å².